The molecule has 0 saturated carbocycles. The number of carbonyl (C=O) groups is 2. The van der Waals surface area contributed by atoms with Crippen LogP contribution in [0.2, 0.25) is 0 Å². The van der Waals surface area contributed by atoms with Crippen LogP contribution in [0.25, 0.3) is 0 Å². The van der Waals surface area contributed by atoms with Gasteiger partial charge in [-0.2, -0.15) is 0 Å². The molecule has 1 N–H and O–H groups in total. The molecule has 10 nitrogen and oxygen atoms in total. The van der Waals surface area contributed by atoms with Crippen molar-refractivity contribution in [1.82, 2.24) is 0 Å². The van der Waals surface area contributed by atoms with Crippen molar-refractivity contribution in [3.05, 3.63) is 24.8 Å². The molecule has 268 valence electrons. The normalized spacial score (nSPS) is 37.2. The minimum absolute atomic E-state index is 0.0413. The first kappa shape index (κ1) is 38.1. The van der Waals surface area contributed by atoms with Gasteiger partial charge in [0.05, 0.1) is 48.6 Å². The van der Waals surface area contributed by atoms with Crippen LogP contribution in [0.15, 0.2) is 24.8 Å². The van der Waals surface area contributed by atoms with E-state index in [0.717, 1.165) is 25.7 Å². The molecule has 0 unspecified atom stereocenters. The Balaban J connectivity index is 1.35. The Bertz CT molecular complexity index is 1100. The number of ketones is 1. The van der Waals surface area contributed by atoms with Gasteiger partial charge in [0.15, 0.2) is 17.4 Å². The third kappa shape index (κ3) is 10.2. The fraction of sp³-hybridized carbons (Fsp3) is 0.838. The Morgan fingerprint density at radius 3 is 2.38 bits per heavy atom. The van der Waals surface area contributed by atoms with E-state index in [1.54, 1.807) is 14.0 Å². The summed E-state index contributed by atoms with van der Waals surface area (Å²) in [5.74, 6) is -2.77. The number of esters is 1. The highest BCUT2D eigenvalue weighted by atomic mass is 16.7. The Kier molecular flexibility index (Phi) is 12.9. The van der Waals surface area contributed by atoms with E-state index in [9.17, 15) is 14.7 Å². The molecule has 0 aromatic carbocycles. The fourth-order valence-electron chi connectivity index (χ4n) is 7.17. The second-order valence-electron chi connectivity index (χ2n) is 15.5. The Labute approximate surface area is 281 Å². The fourth-order valence-corrected chi connectivity index (χ4v) is 7.17. The summed E-state index contributed by atoms with van der Waals surface area (Å²) in [6, 6.07) is 0. The molecule has 3 fully saturated rings. The highest BCUT2D eigenvalue weighted by Crippen LogP contribution is 2.42. The van der Waals surface area contributed by atoms with Crippen molar-refractivity contribution in [2.75, 3.05) is 13.7 Å². The van der Waals surface area contributed by atoms with Crippen LogP contribution in [0.5, 0.6) is 0 Å². The van der Waals surface area contributed by atoms with Crippen LogP contribution in [-0.2, 0) is 42.7 Å². The summed E-state index contributed by atoms with van der Waals surface area (Å²) >= 11 is 0. The molecule has 11 atom stereocenters. The van der Waals surface area contributed by atoms with Crippen LogP contribution >= 0.6 is 0 Å². The molecule has 47 heavy (non-hydrogen) atoms. The summed E-state index contributed by atoms with van der Waals surface area (Å²) in [7, 11) is 1.57. The molecule has 4 heterocycles. The van der Waals surface area contributed by atoms with E-state index < -0.39 is 41.2 Å². The molecule has 0 bridgehead atoms. The summed E-state index contributed by atoms with van der Waals surface area (Å²) in [4.78, 5) is 25.0. The first-order valence-corrected chi connectivity index (χ1v) is 17.6. The molecular formula is C37H60O10. The number of carbonyl (C=O) groups excluding carboxylic acids is 2. The lowest BCUT2D eigenvalue weighted by Crippen LogP contribution is -2.58. The Hall–Kier alpha value is -1.66. The highest BCUT2D eigenvalue weighted by molar-refractivity contribution is 5.87. The average molecular weight is 665 g/mol. The largest absolute Gasteiger partial charge is 0.465 e. The van der Waals surface area contributed by atoms with Crippen molar-refractivity contribution in [3.63, 3.8) is 0 Å². The smallest absolute Gasteiger partial charge is 0.311 e. The molecule has 0 amide bonds. The summed E-state index contributed by atoms with van der Waals surface area (Å²) in [5, 5.41) is 11.0. The maximum Gasteiger partial charge on any atom is 0.311 e. The van der Waals surface area contributed by atoms with Crippen molar-refractivity contribution in [2.24, 2.45) is 17.3 Å². The number of allylic oxidation sites excluding steroid dienone is 1. The van der Waals surface area contributed by atoms with Gasteiger partial charge in [-0.15, -0.1) is 6.58 Å². The van der Waals surface area contributed by atoms with Crippen LogP contribution in [0, 0.1) is 17.3 Å². The molecule has 4 aliphatic rings. The van der Waals surface area contributed by atoms with Gasteiger partial charge in [-0.1, -0.05) is 26.0 Å². The Morgan fingerprint density at radius 1 is 1.04 bits per heavy atom. The first-order valence-electron chi connectivity index (χ1n) is 17.6. The zero-order valence-corrected chi connectivity index (χ0v) is 29.9. The average Bonchev–Trinajstić information content (AvgIpc) is 3.00. The van der Waals surface area contributed by atoms with Crippen molar-refractivity contribution in [2.45, 2.75) is 167 Å². The standard InChI is InChI=1S/C37H60O10/c1-10-23(2)31(38)32(39)33-29(41-9)15-18-37(47-33)17-14-24(3)30(46-37)22-28-21-27(44-36(7,8)45-28)20-26-13-11-12-25(43-26)16-19-42-34(40)35(4,5)6/h10,14,17,23-30,32-33,39H,1,11-13,15-16,18-22H2,2-9H3/t23-,24-,25+,26-,27+,28-,29-,30+,32-,33-,37-/m0/s1. The van der Waals surface area contributed by atoms with Gasteiger partial charge in [-0.3, -0.25) is 9.59 Å². The summed E-state index contributed by atoms with van der Waals surface area (Å²) in [5.41, 5.74) is -0.511. The Morgan fingerprint density at radius 2 is 1.72 bits per heavy atom. The minimum Gasteiger partial charge on any atom is -0.465 e. The van der Waals surface area contributed by atoms with Gasteiger partial charge in [0.25, 0.3) is 0 Å². The second-order valence-corrected chi connectivity index (χ2v) is 15.5. The number of rotatable bonds is 12. The quantitative estimate of drug-likeness (QED) is 0.202. The van der Waals surface area contributed by atoms with Crippen LogP contribution in [0.4, 0.5) is 0 Å². The summed E-state index contributed by atoms with van der Waals surface area (Å²) in [6.45, 7) is 17.4. The number of hydrogen-bond donors (Lipinski definition) is 1. The zero-order valence-electron chi connectivity index (χ0n) is 29.9. The topological polar surface area (TPSA) is 119 Å². The highest BCUT2D eigenvalue weighted by Gasteiger charge is 2.50. The SMILES string of the molecule is C=C[C@H](C)C(=O)[C@H](O)[C@H]1O[C@@]2(C=C[C@H](C)[C@@H](C[C@@H]3C[C@@H](C[C@@H]4CCC[C@H](CCOC(=O)C(C)(C)C)O4)OC(C)(C)O3)O2)CC[C@@H]1OC. The number of hydrogen-bond acceptors (Lipinski definition) is 10. The van der Waals surface area contributed by atoms with Crippen LogP contribution in [0.3, 0.4) is 0 Å². The number of aliphatic hydroxyl groups is 1. The van der Waals surface area contributed by atoms with Crippen molar-refractivity contribution in [1.29, 1.82) is 0 Å². The van der Waals surface area contributed by atoms with Crippen molar-refractivity contribution in [3.8, 4) is 0 Å². The number of ether oxygens (including phenoxy) is 7. The third-order valence-corrected chi connectivity index (χ3v) is 9.95. The first-order chi connectivity index (χ1) is 22.0. The van der Waals surface area contributed by atoms with Gasteiger partial charge in [-0.25, -0.2) is 0 Å². The molecule has 0 aromatic heterocycles. The van der Waals surface area contributed by atoms with Gasteiger partial charge in [0, 0.05) is 51.0 Å². The molecule has 0 aliphatic carbocycles. The van der Waals surface area contributed by atoms with E-state index in [1.807, 2.05) is 40.7 Å². The lowest BCUT2D eigenvalue weighted by atomic mass is 9.86. The monoisotopic (exact) mass is 664 g/mol. The van der Waals surface area contributed by atoms with Crippen molar-refractivity contribution >= 4 is 11.8 Å². The molecular weight excluding hydrogens is 604 g/mol. The van der Waals surface area contributed by atoms with Crippen LogP contribution in [0.1, 0.15) is 106 Å². The van der Waals surface area contributed by atoms with Gasteiger partial charge < -0.3 is 38.3 Å². The number of Topliss-reactive ketones (excluding diaryl/α,β-unsaturated/α-hetero) is 1. The minimum atomic E-state index is -1.36. The van der Waals surface area contributed by atoms with Gasteiger partial charge in [0.2, 0.25) is 0 Å². The maximum absolute atomic E-state index is 12.9. The lowest BCUT2D eigenvalue weighted by Gasteiger charge is -2.49. The summed E-state index contributed by atoms with van der Waals surface area (Å²) < 4.78 is 43.6. The summed E-state index contributed by atoms with van der Waals surface area (Å²) in [6.07, 6.45) is 9.61. The molecule has 4 aliphatic heterocycles. The van der Waals surface area contributed by atoms with Gasteiger partial charge in [-0.05, 0) is 66.4 Å². The molecule has 10 heteroatoms. The van der Waals surface area contributed by atoms with E-state index in [0.29, 0.717) is 38.7 Å². The number of methoxy groups -OCH3 is 1. The van der Waals surface area contributed by atoms with Crippen molar-refractivity contribution < 1.29 is 47.9 Å². The third-order valence-electron chi connectivity index (χ3n) is 9.95. The predicted molar refractivity (Wildman–Crippen MR) is 176 cm³/mol. The van der Waals surface area contributed by atoms with Crippen LogP contribution < -0.4 is 0 Å². The molecule has 1 spiro atoms. The van der Waals surface area contributed by atoms with E-state index in [-0.39, 0.29) is 48.2 Å². The molecule has 3 saturated heterocycles. The molecule has 0 radical (unpaired) electrons. The second kappa shape index (κ2) is 15.9. The van der Waals surface area contributed by atoms with E-state index in [2.05, 4.69) is 19.6 Å². The van der Waals surface area contributed by atoms with E-state index in [1.165, 1.54) is 6.08 Å². The zero-order chi connectivity index (χ0) is 34.6. The van der Waals surface area contributed by atoms with E-state index >= 15 is 0 Å². The molecule has 0 aromatic rings. The molecule has 4 rings (SSSR count). The lowest BCUT2D eigenvalue weighted by molar-refractivity contribution is -0.327. The maximum atomic E-state index is 12.9. The van der Waals surface area contributed by atoms with E-state index in [4.69, 9.17) is 33.2 Å². The van der Waals surface area contributed by atoms with Crippen LogP contribution in [-0.4, -0.2) is 91.0 Å². The predicted octanol–water partition coefficient (Wildman–Crippen LogP) is 5.83. The van der Waals surface area contributed by atoms with Gasteiger partial charge >= 0.3 is 5.97 Å². The number of aliphatic hydroxyl groups excluding tert-OH is 1. The van der Waals surface area contributed by atoms with Gasteiger partial charge in [0.1, 0.15) is 12.2 Å².